The summed E-state index contributed by atoms with van der Waals surface area (Å²) in [4.78, 5) is 23.0. The van der Waals surface area contributed by atoms with Gasteiger partial charge in [0.2, 0.25) is 0 Å². The Morgan fingerprint density at radius 2 is 1.93 bits per heavy atom. The van der Waals surface area contributed by atoms with Crippen molar-refractivity contribution in [3.8, 4) is 11.5 Å². The summed E-state index contributed by atoms with van der Waals surface area (Å²) in [6.45, 7) is 3.24. The molecule has 9 heteroatoms. The monoisotopic (exact) mass is 381 g/mol. The standard InChI is InChI=1S/C18H17F2NO6/c1-4-26-17-9-15(21(23)24)13(8-16(17)25-3)18(22)27-10(2)12-7-11(19)5-6-14(12)20/h5-10H,4H2,1-3H3. The van der Waals surface area contributed by atoms with Crippen LogP contribution < -0.4 is 9.47 Å². The number of halogens is 2. The number of hydrogen-bond acceptors (Lipinski definition) is 6. The Balaban J connectivity index is 2.39. The third-order valence-electron chi connectivity index (χ3n) is 3.68. The normalized spacial score (nSPS) is 11.6. The van der Waals surface area contributed by atoms with E-state index in [4.69, 9.17) is 14.2 Å². The molecule has 0 bridgehead atoms. The molecule has 0 aliphatic heterocycles. The SMILES string of the molecule is CCOc1cc([N+](=O)[O-])c(C(=O)OC(C)c2cc(F)ccc2F)cc1OC. The highest BCUT2D eigenvalue weighted by atomic mass is 19.1. The molecule has 7 nitrogen and oxygen atoms in total. The molecule has 27 heavy (non-hydrogen) atoms. The van der Waals surface area contributed by atoms with E-state index in [1.807, 2.05) is 0 Å². The molecule has 2 aromatic rings. The molecule has 144 valence electrons. The number of nitrogens with zero attached hydrogens (tertiary/aromatic N) is 1. The van der Waals surface area contributed by atoms with Crippen molar-refractivity contribution >= 4 is 11.7 Å². The average molecular weight is 381 g/mol. The first kappa shape index (κ1) is 20.1. The molecule has 0 radical (unpaired) electrons. The molecule has 0 N–H and O–H groups in total. The summed E-state index contributed by atoms with van der Waals surface area (Å²) in [5.74, 6) is -2.37. The number of hydrogen-bond donors (Lipinski definition) is 0. The van der Waals surface area contributed by atoms with Crippen molar-refractivity contribution in [3.05, 3.63) is 63.2 Å². The fraction of sp³-hybridized carbons (Fsp3) is 0.278. The second-order valence-electron chi connectivity index (χ2n) is 5.42. The number of ether oxygens (including phenoxy) is 3. The van der Waals surface area contributed by atoms with Crippen LogP contribution in [0.15, 0.2) is 30.3 Å². The second kappa shape index (κ2) is 8.43. The molecule has 1 unspecified atom stereocenters. The number of nitro benzene ring substituents is 1. The van der Waals surface area contributed by atoms with Crippen molar-refractivity contribution in [3.63, 3.8) is 0 Å². The lowest BCUT2D eigenvalue weighted by Crippen LogP contribution is -2.13. The van der Waals surface area contributed by atoms with Gasteiger partial charge in [0.15, 0.2) is 11.5 Å². The van der Waals surface area contributed by atoms with E-state index in [1.54, 1.807) is 6.92 Å². The molecule has 0 spiro atoms. The first-order valence-corrected chi connectivity index (χ1v) is 7.93. The highest BCUT2D eigenvalue weighted by Gasteiger charge is 2.28. The molecular formula is C18H17F2NO6. The van der Waals surface area contributed by atoms with Crippen LogP contribution in [0.1, 0.15) is 35.9 Å². The molecule has 0 saturated carbocycles. The van der Waals surface area contributed by atoms with Crippen molar-refractivity contribution in [1.29, 1.82) is 0 Å². The van der Waals surface area contributed by atoms with E-state index in [9.17, 15) is 23.7 Å². The molecule has 0 fully saturated rings. The summed E-state index contributed by atoms with van der Waals surface area (Å²) in [6, 6.07) is 4.87. The molecule has 1 atom stereocenters. The highest BCUT2D eigenvalue weighted by Crippen LogP contribution is 2.36. The minimum atomic E-state index is -1.18. The lowest BCUT2D eigenvalue weighted by atomic mass is 10.1. The summed E-state index contributed by atoms with van der Waals surface area (Å²) in [6.07, 6.45) is -1.18. The van der Waals surface area contributed by atoms with Crippen molar-refractivity contribution in [1.82, 2.24) is 0 Å². The van der Waals surface area contributed by atoms with Crippen LogP contribution in [0.25, 0.3) is 0 Å². The molecule has 2 aromatic carbocycles. The Labute approximate surface area is 153 Å². The number of methoxy groups -OCH3 is 1. The number of rotatable bonds is 7. The molecule has 0 aliphatic rings. The Morgan fingerprint density at radius 3 is 2.52 bits per heavy atom. The summed E-state index contributed by atoms with van der Waals surface area (Å²) < 4.78 is 42.6. The van der Waals surface area contributed by atoms with Crippen molar-refractivity contribution in [2.24, 2.45) is 0 Å². The van der Waals surface area contributed by atoms with E-state index in [0.717, 1.165) is 30.3 Å². The van der Waals surface area contributed by atoms with Crippen molar-refractivity contribution in [2.45, 2.75) is 20.0 Å². The predicted molar refractivity (Wildman–Crippen MR) is 91.0 cm³/mol. The molecule has 0 heterocycles. The summed E-state index contributed by atoms with van der Waals surface area (Å²) in [7, 11) is 1.31. The first-order valence-electron chi connectivity index (χ1n) is 7.93. The molecule has 2 rings (SSSR count). The van der Waals surface area contributed by atoms with Crippen LogP contribution in [0.4, 0.5) is 14.5 Å². The smallest absolute Gasteiger partial charge is 0.345 e. The molecule has 0 saturated heterocycles. The maximum atomic E-state index is 13.8. The number of carbonyl (C=O) groups is 1. The van der Waals surface area contributed by atoms with Gasteiger partial charge in [0, 0.05) is 11.6 Å². The zero-order valence-electron chi connectivity index (χ0n) is 14.8. The summed E-state index contributed by atoms with van der Waals surface area (Å²) >= 11 is 0. The van der Waals surface area contributed by atoms with Gasteiger partial charge in [-0.2, -0.15) is 0 Å². The van der Waals surface area contributed by atoms with Gasteiger partial charge in [-0.15, -0.1) is 0 Å². The summed E-state index contributed by atoms with van der Waals surface area (Å²) in [5.41, 5.74) is -1.15. The largest absolute Gasteiger partial charge is 0.493 e. The van der Waals surface area contributed by atoms with Gasteiger partial charge in [0.05, 0.1) is 24.7 Å². The van der Waals surface area contributed by atoms with Gasteiger partial charge in [-0.05, 0) is 32.0 Å². The van der Waals surface area contributed by atoms with E-state index >= 15 is 0 Å². The van der Waals surface area contributed by atoms with Gasteiger partial charge in [0.1, 0.15) is 23.3 Å². The third-order valence-corrected chi connectivity index (χ3v) is 3.68. The zero-order chi connectivity index (χ0) is 20.1. The lowest BCUT2D eigenvalue weighted by molar-refractivity contribution is -0.385. The number of nitro groups is 1. The van der Waals surface area contributed by atoms with Crippen LogP contribution in [0.2, 0.25) is 0 Å². The maximum Gasteiger partial charge on any atom is 0.345 e. The number of benzene rings is 2. The molecule has 0 aliphatic carbocycles. The third kappa shape index (κ3) is 4.49. The van der Waals surface area contributed by atoms with Crippen LogP contribution >= 0.6 is 0 Å². The Kier molecular flexibility index (Phi) is 6.27. The zero-order valence-corrected chi connectivity index (χ0v) is 14.8. The minimum Gasteiger partial charge on any atom is -0.493 e. The Bertz CT molecular complexity index is 871. The van der Waals surface area contributed by atoms with Crippen molar-refractivity contribution < 1.29 is 32.7 Å². The van der Waals surface area contributed by atoms with E-state index < -0.39 is 39.9 Å². The fourth-order valence-electron chi connectivity index (χ4n) is 2.41. The lowest BCUT2D eigenvalue weighted by Gasteiger charge is -2.16. The van der Waals surface area contributed by atoms with Crippen LogP contribution in [0.5, 0.6) is 11.5 Å². The maximum absolute atomic E-state index is 13.8. The minimum absolute atomic E-state index is 0.0903. The molecular weight excluding hydrogens is 364 g/mol. The predicted octanol–water partition coefficient (Wildman–Crippen LogP) is 4.20. The number of esters is 1. The van der Waals surface area contributed by atoms with Gasteiger partial charge in [0.25, 0.3) is 5.69 Å². The van der Waals surface area contributed by atoms with Gasteiger partial charge in [-0.1, -0.05) is 0 Å². The fourth-order valence-corrected chi connectivity index (χ4v) is 2.41. The van der Waals surface area contributed by atoms with Gasteiger partial charge in [-0.25, -0.2) is 13.6 Å². The second-order valence-corrected chi connectivity index (χ2v) is 5.42. The van der Waals surface area contributed by atoms with Gasteiger partial charge in [-0.3, -0.25) is 10.1 Å². The van der Waals surface area contributed by atoms with Crippen LogP contribution in [0.3, 0.4) is 0 Å². The van der Waals surface area contributed by atoms with Gasteiger partial charge < -0.3 is 14.2 Å². The van der Waals surface area contributed by atoms with Crippen LogP contribution in [-0.2, 0) is 4.74 Å². The van der Waals surface area contributed by atoms with E-state index in [0.29, 0.717) is 0 Å². The molecule has 0 amide bonds. The van der Waals surface area contributed by atoms with E-state index in [-0.39, 0.29) is 23.7 Å². The van der Waals surface area contributed by atoms with E-state index in [2.05, 4.69) is 0 Å². The average Bonchev–Trinajstić information content (AvgIpc) is 2.63. The first-order chi connectivity index (χ1) is 12.8. The summed E-state index contributed by atoms with van der Waals surface area (Å²) in [5, 5.41) is 11.3. The quantitative estimate of drug-likeness (QED) is 0.406. The topological polar surface area (TPSA) is 87.9 Å². The Morgan fingerprint density at radius 1 is 1.22 bits per heavy atom. The van der Waals surface area contributed by atoms with Crippen LogP contribution in [-0.4, -0.2) is 24.6 Å². The van der Waals surface area contributed by atoms with Crippen LogP contribution in [0, 0.1) is 21.7 Å². The molecule has 0 aromatic heterocycles. The van der Waals surface area contributed by atoms with Gasteiger partial charge >= 0.3 is 5.97 Å². The highest BCUT2D eigenvalue weighted by molar-refractivity contribution is 5.95. The Hall–Kier alpha value is -3.23. The van der Waals surface area contributed by atoms with E-state index in [1.165, 1.54) is 14.0 Å². The number of carbonyl (C=O) groups excluding carboxylic acids is 1. The van der Waals surface area contributed by atoms with Crippen molar-refractivity contribution in [2.75, 3.05) is 13.7 Å².